The average molecular weight is 274 g/mol. The molecule has 0 saturated heterocycles. The average Bonchev–Trinajstić information content (AvgIpc) is 2.46. The summed E-state index contributed by atoms with van der Waals surface area (Å²) in [5, 5.41) is 15.0. The van der Waals surface area contributed by atoms with Gasteiger partial charge in [0, 0.05) is 19.3 Å². The van der Waals surface area contributed by atoms with Gasteiger partial charge in [-0.05, 0) is 37.9 Å². The lowest BCUT2D eigenvalue weighted by Crippen LogP contribution is -2.24. The molecule has 1 aromatic heterocycles. The number of fused-ring (bicyclic) bond motifs is 1. The Balaban J connectivity index is 2.28. The molecule has 0 spiro atoms. The molecule has 0 radical (unpaired) electrons. The fourth-order valence-electron chi connectivity index (χ4n) is 2.02. The zero-order valence-electron chi connectivity index (χ0n) is 11.7. The van der Waals surface area contributed by atoms with Crippen molar-refractivity contribution in [3.8, 4) is 0 Å². The van der Waals surface area contributed by atoms with Crippen molar-refractivity contribution >= 4 is 22.3 Å². The van der Waals surface area contributed by atoms with Crippen molar-refractivity contribution in [1.82, 2.24) is 9.88 Å². The van der Waals surface area contributed by atoms with Gasteiger partial charge in [0.05, 0.1) is 15.8 Å². The quantitative estimate of drug-likeness (QED) is 0.647. The number of benzene rings is 1. The zero-order chi connectivity index (χ0) is 14.5. The van der Waals surface area contributed by atoms with Crippen LogP contribution < -0.4 is 5.32 Å². The lowest BCUT2D eigenvalue weighted by Gasteiger charge is -2.15. The topological polar surface area (TPSA) is 71.3 Å². The normalized spacial score (nSPS) is 10.9. The monoisotopic (exact) mass is 274 g/mol. The van der Waals surface area contributed by atoms with E-state index < -0.39 is 0 Å². The summed E-state index contributed by atoms with van der Waals surface area (Å²) in [7, 11) is 2.01. The number of hydrogen-bond acceptors (Lipinski definition) is 5. The first kappa shape index (κ1) is 14.2. The van der Waals surface area contributed by atoms with Crippen LogP contribution in [0, 0.1) is 10.1 Å². The maximum atomic E-state index is 11.3. The van der Waals surface area contributed by atoms with E-state index in [4.69, 9.17) is 0 Å². The molecule has 0 atom stereocenters. The molecule has 1 heterocycles. The first-order chi connectivity index (χ1) is 9.63. The highest BCUT2D eigenvalue weighted by Gasteiger charge is 2.18. The van der Waals surface area contributed by atoms with Crippen molar-refractivity contribution < 1.29 is 4.92 Å². The number of nitro benzene ring substituents is 1. The standard InChI is InChI=1S/C14H18N4O2/c1-3-17(2)10-9-16-13-7-6-12-11(5-4-8-15-12)14(13)18(19)20/h4-8,16H,3,9-10H2,1-2H3. The van der Waals surface area contributed by atoms with E-state index in [1.54, 1.807) is 30.5 Å². The summed E-state index contributed by atoms with van der Waals surface area (Å²) in [6, 6.07) is 6.96. The molecule has 0 amide bonds. The van der Waals surface area contributed by atoms with Crippen LogP contribution in [-0.4, -0.2) is 41.5 Å². The van der Waals surface area contributed by atoms with E-state index in [0.29, 0.717) is 23.1 Å². The van der Waals surface area contributed by atoms with Gasteiger partial charge in [0.1, 0.15) is 5.69 Å². The minimum atomic E-state index is -0.351. The lowest BCUT2D eigenvalue weighted by atomic mass is 10.1. The lowest BCUT2D eigenvalue weighted by molar-refractivity contribution is -0.382. The van der Waals surface area contributed by atoms with Gasteiger partial charge in [0.15, 0.2) is 0 Å². The molecule has 0 unspecified atom stereocenters. The number of nitro groups is 1. The Morgan fingerprint density at radius 3 is 2.90 bits per heavy atom. The van der Waals surface area contributed by atoms with Gasteiger partial charge in [-0.3, -0.25) is 15.1 Å². The van der Waals surface area contributed by atoms with Gasteiger partial charge in [-0.1, -0.05) is 6.92 Å². The van der Waals surface area contributed by atoms with Crippen LogP contribution in [0.15, 0.2) is 30.5 Å². The van der Waals surface area contributed by atoms with Crippen molar-refractivity contribution in [3.63, 3.8) is 0 Å². The first-order valence-electron chi connectivity index (χ1n) is 6.58. The van der Waals surface area contributed by atoms with Crippen molar-refractivity contribution in [3.05, 3.63) is 40.6 Å². The van der Waals surface area contributed by atoms with Gasteiger partial charge in [-0.25, -0.2) is 0 Å². The third-order valence-electron chi connectivity index (χ3n) is 3.29. The number of rotatable bonds is 6. The van der Waals surface area contributed by atoms with Crippen molar-refractivity contribution in [2.75, 3.05) is 32.0 Å². The summed E-state index contributed by atoms with van der Waals surface area (Å²) >= 11 is 0. The third-order valence-corrected chi connectivity index (χ3v) is 3.29. The first-order valence-corrected chi connectivity index (χ1v) is 6.58. The summed E-state index contributed by atoms with van der Waals surface area (Å²) < 4.78 is 0. The highest BCUT2D eigenvalue weighted by atomic mass is 16.6. The van der Waals surface area contributed by atoms with Gasteiger partial charge in [-0.15, -0.1) is 0 Å². The fourth-order valence-corrected chi connectivity index (χ4v) is 2.02. The van der Waals surface area contributed by atoms with Gasteiger partial charge in [0.2, 0.25) is 0 Å². The minimum absolute atomic E-state index is 0.0924. The molecule has 20 heavy (non-hydrogen) atoms. The second-order valence-corrected chi connectivity index (χ2v) is 4.61. The number of likely N-dealkylation sites (N-methyl/N-ethyl adjacent to an activating group) is 1. The van der Waals surface area contributed by atoms with E-state index >= 15 is 0 Å². The Morgan fingerprint density at radius 2 is 2.20 bits per heavy atom. The van der Waals surface area contributed by atoms with E-state index in [9.17, 15) is 10.1 Å². The Labute approximate surface area is 117 Å². The van der Waals surface area contributed by atoms with Crippen LogP contribution in [0.4, 0.5) is 11.4 Å². The van der Waals surface area contributed by atoms with Gasteiger partial charge in [-0.2, -0.15) is 0 Å². The summed E-state index contributed by atoms with van der Waals surface area (Å²) in [4.78, 5) is 17.3. The molecular formula is C14H18N4O2. The molecule has 0 aliphatic carbocycles. The molecule has 0 saturated carbocycles. The second-order valence-electron chi connectivity index (χ2n) is 4.61. The molecule has 1 N–H and O–H groups in total. The third kappa shape index (κ3) is 3.03. The number of aromatic nitrogens is 1. The molecular weight excluding hydrogens is 256 g/mol. The smallest absolute Gasteiger partial charge is 0.301 e. The maximum Gasteiger partial charge on any atom is 0.301 e. The van der Waals surface area contributed by atoms with Crippen LogP contribution >= 0.6 is 0 Å². The molecule has 2 rings (SSSR count). The molecule has 2 aromatic rings. The zero-order valence-corrected chi connectivity index (χ0v) is 11.7. The van der Waals surface area contributed by atoms with Gasteiger partial charge >= 0.3 is 5.69 Å². The molecule has 106 valence electrons. The summed E-state index contributed by atoms with van der Waals surface area (Å²) in [5.41, 5.74) is 1.27. The van der Waals surface area contributed by atoms with E-state index in [0.717, 1.165) is 13.1 Å². The number of hydrogen-bond donors (Lipinski definition) is 1. The van der Waals surface area contributed by atoms with Crippen LogP contribution in [-0.2, 0) is 0 Å². The van der Waals surface area contributed by atoms with E-state index in [2.05, 4.69) is 22.1 Å². The highest BCUT2D eigenvalue weighted by molar-refractivity contribution is 5.94. The van der Waals surface area contributed by atoms with Crippen LogP contribution in [0.3, 0.4) is 0 Å². The second kappa shape index (κ2) is 6.29. The number of anilines is 1. The van der Waals surface area contributed by atoms with Gasteiger partial charge in [0.25, 0.3) is 0 Å². The van der Waals surface area contributed by atoms with Crippen LogP contribution in [0.5, 0.6) is 0 Å². The summed E-state index contributed by atoms with van der Waals surface area (Å²) in [6.07, 6.45) is 1.63. The highest BCUT2D eigenvalue weighted by Crippen LogP contribution is 2.32. The van der Waals surface area contributed by atoms with E-state index in [1.165, 1.54) is 0 Å². The van der Waals surface area contributed by atoms with Crippen LogP contribution in [0.2, 0.25) is 0 Å². The van der Waals surface area contributed by atoms with E-state index in [1.807, 2.05) is 7.05 Å². The van der Waals surface area contributed by atoms with Crippen LogP contribution in [0.1, 0.15) is 6.92 Å². The largest absolute Gasteiger partial charge is 0.378 e. The number of pyridine rings is 1. The number of nitrogens with one attached hydrogen (secondary N) is 1. The Morgan fingerprint density at radius 1 is 1.40 bits per heavy atom. The Hall–Kier alpha value is -2.21. The summed E-state index contributed by atoms with van der Waals surface area (Å²) in [5.74, 6) is 0. The fraction of sp³-hybridized carbons (Fsp3) is 0.357. The van der Waals surface area contributed by atoms with Crippen molar-refractivity contribution in [2.24, 2.45) is 0 Å². The van der Waals surface area contributed by atoms with E-state index in [-0.39, 0.29) is 10.6 Å². The Kier molecular flexibility index (Phi) is 4.47. The predicted molar refractivity (Wildman–Crippen MR) is 80.1 cm³/mol. The predicted octanol–water partition coefficient (Wildman–Crippen LogP) is 2.51. The molecule has 0 aliphatic rings. The molecule has 0 bridgehead atoms. The molecule has 6 heteroatoms. The molecule has 0 fully saturated rings. The Bertz CT molecular complexity index is 615. The maximum absolute atomic E-state index is 11.3. The van der Waals surface area contributed by atoms with Gasteiger partial charge < -0.3 is 10.2 Å². The minimum Gasteiger partial charge on any atom is -0.378 e. The van der Waals surface area contributed by atoms with Crippen molar-refractivity contribution in [1.29, 1.82) is 0 Å². The molecule has 1 aromatic carbocycles. The van der Waals surface area contributed by atoms with Crippen LogP contribution in [0.25, 0.3) is 10.9 Å². The molecule has 6 nitrogen and oxygen atoms in total. The van der Waals surface area contributed by atoms with Crippen molar-refractivity contribution in [2.45, 2.75) is 6.92 Å². The SMILES string of the molecule is CCN(C)CCNc1ccc2ncccc2c1[N+](=O)[O-]. The molecule has 0 aliphatic heterocycles. The number of nitrogens with zero attached hydrogens (tertiary/aromatic N) is 3. The summed E-state index contributed by atoms with van der Waals surface area (Å²) in [6.45, 7) is 4.52.